The van der Waals surface area contributed by atoms with E-state index in [4.69, 9.17) is 4.74 Å². The normalized spacial score (nSPS) is 17.5. The van der Waals surface area contributed by atoms with Crippen molar-refractivity contribution in [3.8, 4) is 5.75 Å². The number of benzene rings is 1. The SMILES string of the molecule is CCNC(=NCc1ccc(OCCCN(C)C)cc1)NC1CCN(CC(F)(F)F)C1.I. The lowest BCUT2D eigenvalue weighted by Gasteiger charge is -2.19. The predicted octanol–water partition coefficient (Wildman–Crippen LogP) is 3.33. The molecular formula is C21H35F3IN5O. The Balaban J connectivity index is 0.00000480. The number of nitrogens with zero attached hydrogens (tertiary/aromatic N) is 3. The Morgan fingerprint density at radius 1 is 1.26 bits per heavy atom. The van der Waals surface area contributed by atoms with Gasteiger partial charge in [-0.15, -0.1) is 24.0 Å². The van der Waals surface area contributed by atoms with Crippen LogP contribution in [0.25, 0.3) is 0 Å². The van der Waals surface area contributed by atoms with E-state index in [1.54, 1.807) is 0 Å². The van der Waals surface area contributed by atoms with Crippen LogP contribution in [-0.4, -0.2) is 81.4 Å². The van der Waals surface area contributed by atoms with Gasteiger partial charge < -0.3 is 20.3 Å². The van der Waals surface area contributed by atoms with Gasteiger partial charge in [0.15, 0.2) is 5.96 Å². The zero-order valence-corrected chi connectivity index (χ0v) is 20.9. The van der Waals surface area contributed by atoms with Crippen molar-refractivity contribution in [2.45, 2.75) is 38.5 Å². The third-order valence-electron chi connectivity index (χ3n) is 4.72. The van der Waals surface area contributed by atoms with Gasteiger partial charge in [-0.2, -0.15) is 13.2 Å². The second-order valence-electron chi connectivity index (χ2n) is 7.82. The molecular weight excluding hydrogens is 522 g/mol. The van der Waals surface area contributed by atoms with E-state index in [1.165, 1.54) is 4.90 Å². The minimum atomic E-state index is -4.16. The lowest BCUT2D eigenvalue weighted by molar-refractivity contribution is -0.143. The summed E-state index contributed by atoms with van der Waals surface area (Å²) in [5, 5.41) is 6.43. The van der Waals surface area contributed by atoms with Gasteiger partial charge in [0, 0.05) is 32.2 Å². The highest BCUT2D eigenvalue weighted by Gasteiger charge is 2.34. The third kappa shape index (κ3) is 11.8. The molecule has 0 aromatic heterocycles. The molecule has 0 aliphatic carbocycles. The average Bonchev–Trinajstić information content (AvgIpc) is 3.09. The first kappa shape index (κ1) is 27.8. The molecule has 178 valence electrons. The van der Waals surface area contributed by atoms with Crippen molar-refractivity contribution >= 4 is 29.9 Å². The van der Waals surface area contributed by atoms with Crippen LogP contribution in [0.15, 0.2) is 29.3 Å². The van der Waals surface area contributed by atoms with Crippen molar-refractivity contribution in [1.82, 2.24) is 20.4 Å². The van der Waals surface area contributed by atoms with Crippen molar-refractivity contribution in [3.05, 3.63) is 29.8 Å². The van der Waals surface area contributed by atoms with E-state index in [9.17, 15) is 13.2 Å². The molecule has 0 radical (unpaired) electrons. The quantitative estimate of drug-likeness (QED) is 0.200. The Kier molecular flexibility index (Phi) is 12.5. The number of likely N-dealkylation sites (tertiary alicyclic amines) is 1. The Morgan fingerprint density at radius 2 is 1.97 bits per heavy atom. The summed E-state index contributed by atoms with van der Waals surface area (Å²) in [7, 11) is 4.08. The van der Waals surface area contributed by atoms with E-state index < -0.39 is 12.7 Å². The predicted molar refractivity (Wildman–Crippen MR) is 129 cm³/mol. The van der Waals surface area contributed by atoms with Gasteiger partial charge in [-0.3, -0.25) is 4.90 Å². The first-order valence-corrected chi connectivity index (χ1v) is 10.5. The number of nitrogens with one attached hydrogen (secondary N) is 2. The van der Waals surface area contributed by atoms with Gasteiger partial charge in [-0.1, -0.05) is 12.1 Å². The van der Waals surface area contributed by atoms with Gasteiger partial charge in [-0.05, 0) is 51.6 Å². The molecule has 1 heterocycles. The number of alkyl halides is 3. The molecule has 1 aromatic carbocycles. The van der Waals surface area contributed by atoms with E-state index in [0.29, 0.717) is 45.2 Å². The molecule has 1 aromatic rings. The first-order valence-electron chi connectivity index (χ1n) is 10.5. The lowest BCUT2D eigenvalue weighted by Crippen LogP contribution is -2.45. The van der Waals surface area contributed by atoms with Crippen LogP contribution in [0.1, 0.15) is 25.3 Å². The van der Waals surface area contributed by atoms with Crippen LogP contribution in [0.4, 0.5) is 13.2 Å². The monoisotopic (exact) mass is 557 g/mol. The minimum Gasteiger partial charge on any atom is -0.494 e. The summed E-state index contributed by atoms with van der Waals surface area (Å²) in [5.74, 6) is 1.46. The minimum absolute atomic E-state index is 0. The molecule has 1 aliphatic rings. The molecule has 1 atom stereocenters. The summed E-state index contributed by atoms with van der Waals surface area (Å²) < 4.78 is 43.4. The molecule has 6 nitrogen and oxygen atoms in total. The van der Waals surface area contributed by atoms with Crippen molar-refractivity contribution in [2.75, 3.05) is 53.4 Å². The van der Waals surface area contributed by atoms with E-state index in [2.05, 4.69) is 20.5 Å². The molecule has 10 heteroatoms. The zero-order valence-electron chi connectivity index (χ0n) is 18.5. The summed E-state index contributed by atoms with van der Waals surface area (Å²) in [6.45, 7) is 4.74. The van der Waals surface area contributed by atoms with Crippen molar-refractivity contribution < 1.29 is 17.9 Å². The zero-order chi connectivity index (χ0) is 22.0. The maximum atomic E-state index is 12.6. The Hall–Kier alpha value is -1.27. The summed E-state index contributed by atoms with van der Waals surface area (Å²) in [4.78, 5) is 8.13. The molecule has 2 N–H and O–H groups in total. The van der Waals surface area contributed by atoms with Crippen LogP contribution in [0.2, 0.25) is 0 Å². The Labute approximate surface area is 200 Å². The number of aliphatic imine (C=N–C) groups is 1. The second-order valence-corrected chi connectivity index (χ2v) is 7.82. The van der Waals surface area contributed by atoms with Crippen LogP contribution >= 0.6 is 24.0 Å². The van der Waals surface area contributed by atoms with E-state index in [-0.39, 0.29) is 30.0 Å². The van der Waals surface area contributed by atoms with E-state index in [1.807, 2.05) is 45.3 Å². The van der Waals surface area contributed by atoms with Crippen LogP contribution < -0.4 is 15.4 Å². The van der Waals surface area contributed by atoms with Crippen LogP contribution in [-0.2, 0) is 6.54 Å². The highest BCUT2D eigenvalue weighted by molar-refractivity contribution is 14.0. The van der Waals surface area contributed by atoms with Gasteiger partial charge in [-0.25, -0.2) is 4.99 Å². The number of guanidine groups is 1. The van der Waals surface area contributed by atoms with Crippen molar-refractivity contribution in [1.29, 1.82) is 0 Å². The maximum Gasteiger partial charge on any atom is 0.401 e. The molecule has 1 unspecified atom stereocenters. The van der Waals surface area contributed by atoms with Crippen LogP contribution in [0.3, 0.4) is 0 Å². The van der Waals surface area contributed by atoms with Gasteiger partial charge in [0.1, 0.15) is 5.75 Å². The lowest BCUT2D eigenvalue weighted by atomic mass is 10.2. The van der Waals surface area contributed by atoms with E-state index >= 15 is 0 Å². The molecule has 0 spiro atoms. The molecule has 31 heavy (non-hydrogen) atoms. The Bertz CT molecular complexity index is 655. The standard InChI is InChI=1S/C21H34F3N5O.HI/c1-4-25-20(27-18-10-12-29(15-18)16-21(22,23)24)26-14-17-6-8-19(9-7-17)30-13-5-11-28(2)3;/h6-9,18H,4-5,10-16H2,1-3H3,(H2,25,26,27);1H. The molecule has 1 aliphatic heterocycles. The second kappa shape index (κ2) is 14.0. The van der Waals surface area contributed by atoms with Crippen molar-refractivity contribution in [3.63, 3.8) is 0 Å². The fraction of sp³-hybridized carbons (Fsp3) is 0.667. The highest BCUT2D eigenvalue weighted by atomic mass is 127. The largest absolute Gasteiger partial charge is 0.494 e. The van der Waals surface area contributed by atoms with Gasteiger partial charge in [0.05, 0.1) is 19.7 Å². The van der Waals surface area contributed by atoms with Crippen LogP contribution in [0.5, 0.6) is 5.75 Å². The molecule has 2 rings (SSSR count). The fourth-order valence-electron chi connectivity index (χ4n) is 3.29. The Morgan fingerprint density at radius 3 is 2.58 bits per heavy atom. The highest BCUT2D eigenvalue weighted by Crippen LogP contribution is 2.20. The smallest absolute Gasteiger partial charge is 0.401 e. The van der Waals surface area contributed by atoms with E-state index in [0.717, 1.165) is 24.3 Å². The topological polar surface area (TPSA) is 52.1 Å². The third-order valence-corrected chi connectivity index (χ3v) is 4.72. The number of halogens is 4. The van der Waals surface area contributed by atoms with Gasteiger partial charge in [0.2, 0.25) is 0 Å². The molecule has 1 fully saturated rings. The molecule has 0 saturated carbocycles. The number of rotatable bonds is 10. The number of ether oxygens (including phenoxy) is 1. The molecule has 0 amide bonds. The maximum absolute atomic E-state index is 12.6. The number of hydrogen-bond donors (Lipinski definition) is 2. The summed E-state index contributed by atoms with van der Waals surface area (Å²) in [6, 6.07) is 7.80. The summed E-state index contributed by atoms with van der Waals surface area (Å²) >= 11 is 0. The van der Waals surface area contributed by atoms with Crippen molar-refractivity contribution in [2.24, 2.45) is 4.99 Å². The van der Waals surface area contributed by atoms with Gasteiger partial charge in [0.25, 0.3) is 0 Å². The fourth-order valence-corrected chi connectivity index (χ4v) is 3.29. The number of hydrogen-bond acceptors (Lipinski definition) is 4. The summed E-state index contributed by atoms with van der Waals surface area (Å²) in [5.41, 5.74) is 1.04. The summed E-state index contributed by atoms with van der Waals surface area (Å²) in [6.07, 6.45) is -2.52. The molecule has 1 saturated heterocycles. The average molecular weight is 557 g/mol. The first-order chi connectivity index (χ1) is 14.2. The van der Waals surface area contributed by atoms with Gasteiger partial charge >= 0.3 is 6.18 Å². The molecule has 0 bridgehead atoms. The van der Waals surface area contributed by atoms with Crippen LogP contribution in [0, 0.1) is 0 Å².